The van der Waals surface area contributed by atoms with Gasteiger partial charge >= 0.3 is 0 Å². The van der Waals surface area contributed by atoms with E-state index in [1.54, 1.807) is 0 Å². The third kappa shape index (κ3) is 10.6. The smallest absolute Gasteiger partial charge is 0.219 e. The van der Waals surface area contributed by atoms with Crippen molar-refractivity contribution in [3.8, 4) is 45.3 Å². The molecule has 2 atom stereocenters. The minimum Gasteiger partial charge on any atom is -0.504 e. The normalized spacial score (nSPS) is 17.2. The first-order chi connectivity index (χ1) is 31.3. The molecule has 0 unspecified atom stereocenters. The Kier molecular flexibility index (Phi) is 15.5. The van der Waals surface area contributed by atoms with Crippen LogP contribution in [0, 0.1) is 0 Å². The minimum atomic E-state index is 0.0944. The Bertz CT molecular complexity index is 2100. The molecular weight excluding hydrogens is 801 g/mol. The van der Waals surface area contributed by atoms with Crippen molar-refractivity contribution in [2.24, 2.45) is 0 Å². The number of phenols is 2. The van der Waals surface area contributed by atoms with E-state index in [9.17, 15) is 19.8 Å². The van der Waals surface area contributed by atoms with Gasteiger partial charge in [-0.25, -0.2) is 0 Å². The van der Waals surface area contributed by atoms with Crippen LogP contribution in [0.4, 0.5) is 0 Å². The molecule has 0 radical (unpaired) electrons. The van der Waals surface area contributed by atoms with Gasteiger partial charge in [0.2, 0.25) is 11.8 Å². The van der Waals surface area contributed by atoms with Crippen molar-refractivity contribution in [3.05, 3.63) is 94.0 Å². The van der Waals surface area contributed by atoms with E-state index in [0.29, 0.717) is 75.6 Å². The maximum Gasteiger partial charge on any atom is 0.219 e. The lowest BCUT2D eigenvalue weighted by Crippen LogP contribution is -2.35. The number of carbonyl (C=O) groups excluding carboxylic acids is 2. The molecular formula is C54H70N4O6. The van der Waals surface area contributed by atoms with E-state index in [0.717, 1.165) is 111 Å². The highest BCUT2D eigenvalue weighted by Gasteiger charge is 2.36. The molecule has 0 aromatic heterocycles. The molecule has 4 aliphatic rings. The Labute approximate surface area is 380 Å². The molecule has 8 rings (SSSR count). The van der Waals surface area contributed by atoms with E-state index in [2.05, 4.69) is 83.1 Å². The molecule has 0 saturated carbocycles. The number of rotatable bonds is 23. The third-order valence-electron chi connectivity index (χ3n) is 14.3. The van der Waals surface area contributed by atoms with Crippen LogP contribution in [0.25, 0.3) is 22.3 Å². The van der Waals surface area contributed by atoms with Crippen LogP contribution < -0.4 is 20.1 Å². The number of unbranched alkanes of at least 4 members (excludes halogenated alkanes) is 9. The van der Waals surface area contributed by atoms with E-state index in [1.165, 1.54) is 47.9 Å². The molecule has 0 fully saturated rings. The Morgan fingerprint density at radius 2 is 0.953 bits per heavy atom. The van der Waals surface area contributed by atoms with Gasteiger partial charge in [0.1, 0.15) is 0 Å². The summed E-state index contributed by atoms with van der Waals surface area (Å²) in [5.41, 5.74) is 11.9. The molecule has 2 aliphatic carbocycles. The maximum atomic E-state index is 12.4. The highest BCUT2D eigenvalue weighted by Crippen LogP contribution is 2.52. The number of benzene rings is 4. The van der Waals surface area contributed by atoms with Gasteiger partial charge < -0.3 is 30.3 Å². The molecule has 2 amide bonds. The number of aromatic hydroxyl groups is 2. The minimum absolute atomic E-state index is 0.0944. The van der Waals surface area contributed by atoms with E-state index in [1.807, 2.05) is 12.1 Å². The summed E-state index contributed by atoms with van der Waals surface area (Å²) in [6.07, 6.45) is 17.4. The lowest BCUT2D eigenvalue weighted by Gasteiger charge is -2.40. The molecule has 342 valence electrons. The van der Waals surface area contributed by atoms with Gasteiger partial charge in [0.25, 0.3) is 0 Å². The monoisotopic (exact) mass is 871 g/mol. The lowest BCUT2D eigenvalue weighted by atomic mass is 9.77. The number of hydrogen-bond acceptors (Lipinski definition) is 8. The fourth-order valence-corrected chi connectivity index (χ4v) is 10.7. The molecule has 2 heterocycles. The SMILES string of the molecule is CN1CCc2cccc3c2[C@H]1Cc1ccc(OCCCNC(=O)CCCCCCCCCCCCC(=O)NCCCOc2ccc4c(c2O)-c2cccc5c2[C@@H](C4)N(C)CC5)c(O)c1-3. The van der Waals surface area contributed by atoms with Crippen molar-refractivity contribution in [2.45, 2.75) is 128 Å². The quantitative estimate of drug-likeness (QED) is 0.0544. The van der Waals surface area contributed by atoms with Gasteiger partial charge in [-0.05, 0) is 122 Å². The number of fused-ring (bicyclic) bond motifs is 4. The number of nitrogens with one attached hydrogen (secondary N) is 2. The van der Waals surface area contributed by atoms with Gasteiger partial charge in [-0.3, -0.25) is 19.4 Å². The summed E-state index contributed by atoms with van der Waals surface area (Å²) in [6, 6.07) is 21.6. The zero-order chi connectivity index (χ0) is 44.4. The second kappa shape index (κ2) is 21.7. The maximum absolute atomic E-state index is 12.4. The van der Waals surface area contributed by atoms with Crippen LogP contribution >= 0.6 is 0 Å². The topological polar surface area (TPSA) is 124 Å². The van der Waals surface area contributed by atoms with Gasteiger partial charge in [-0.2, -0.15) is 0 Å². The molecule has 0 bridgehead atoms. The highest BCUT2D eigenvalue weighted by molar-refractivity contribution is 5.83. The van der Waals surface area contributed by atoms with E-state index in [-0.39, 0.29) is 23.3 Å². The fraction of sp³-hybridized carbons (Fsp3) is 0.519. The molecule has 2 aliphatic heterocycles. The summed E-state index contributed by atoms with van der Waals surface area (Å²) in [5.74, 6) is 1.65. The van der Waals surface area contributed by atoms with Crippen molar-refractivity contribution in [3.63, 3.8) is 0 Å². The van der Waals surface area contributed by atoms with Gasteiger partial charge in [0.15, 0.2) is 23.0 Å². The predicted molar refractivity (Wildman–Crippen MR) is 254 cm³/mol. The van der Waals surface area contributed by atoms with Crippen molar-refractivity contribution in [1.82, 2.24) is 20.4 Å². The lowest BCUT2D eigenvalue weighted by molar-refractivity contribution is -0.122. The molecule has 4 aromatic carbocycles. The number of ether oxygens (including phenoxy) is 2. The first-order valence-corrected chi connectivity index (χ1v) is 24.4. The standard InChI is InChI=1S/C54H70N4O6/c1-57-31-27-37-17-13-19-41-49(37)43(57)35-39-23-25-45(53(61)51(39)41)63-33-15-29-55-47(59)21-11-9-7-5-3-4-6-8-10-12-22-48(60)56-30-16-34-64-46-26-24-40-36-44-50-38(28-32-58(44)2)18-14-20-42(50)52(40)54(46)62/h13-14,17-20,23-26,43-44,61-62H,3-12,15-16,21-22,27-36H2,1-2H3,(H,55,59)(H,56,60)/t43-,44-/m1/s1. The number of nitrogens with zero attached hydrogens (tertiary/aromatic N) is 2. The molecule has 0 saturated heterocycles. The van der Waals surface area contributed by atoms with Crippen LogP contribution in [0.2, 0.25) is 0 Å². The van der Waals surface area contributed by atoms with E-state index in [4.69, 9.17) is 9.47 Å². The van der Waals surface area contributed by atoms with Crippen LogP contribution in [-0.2, 0) is 35.3 Å². The van der Waals surface area contributed by atoms with Crippen LogP contribution in [0.5, 0.6) is 23.0 Å². The average Bonchev–Trinajstić information content (AvgIpc) is 3.30. The molecule has 4 N–H and O–H groups in total. The van der Waals surface area contributed by atoms with Crippen molar-refractivity contribution < 1.29 is 29.3 Å². The summed E-state index contributed by atoms with van der Waals surface area (Å²) >= 11 is 0. The largest absolute Gasteiger partial charge is 0.504 e. The zero-order valence-corrected chi connectivity index (χ0v) is 38.3. The molecule has 64 heavy (non-hydrogen) atoms. The first-order valence-electron chi connectivity index (χ1n) is 24.4. The Balaban J connectivity index is 0.604. The average molecular weight is 871 g/mol. The Morgan fingerprint density at radius 1 is 0.547 bits per heavy atom. The first kappa shape index (κ1) is 45.5. The molecule has 4 aromatic rings. The van der Waals surface area contributed by atoms with Crippen molar-refractivity contribution in [2.75, 3.05) is 53.5 Å². The number of carbonyl (C=O) groups is 2. The molecule has 10 nitrogen and oxygen atoms in total. The number of hydrogen-bond donors (Lipinski definition) is 4. The zero-order valence-electron chi connectivity index (χ0n) is 38.3. The summed E-state index contributed by atoms with van der Waals surface area (Å²) in [7, 11) is 4.38. The molecule has 10 heteroatoms. The van der Waals surface area contributed by atoms with E-state index < -0.39 is 0 Å². The van der Waals surface area contributed by atoms with Crippen LogP contribution in [-0.4, -0.2) is 85.3 Å². The van der Waals surface area contributed by atoms with Crippen molar-refractivity contribution in [1.29, 1.82) is 0 Å². The van der Waals surface area contributed by atoms with Gasteiger partial charge in [-0.1, -0.05) is 99.9 Å². The highest BCUT2D eigenvalue weighted by atomic mass is 16.5. The van der Waals surface area contributed by atoms with Crippen molar-refractivity contribution >= 4 is 11.8 Å². The number of phenolic OH excluding ortho intramolecular Hbond substituents is 2. The Hall–Kier alpha value is -5.06. The second-order valence-corrected chi connectivity index (χ2v) is 18.7. The third-order valence-corrected chi connectivity index (χ3v) is 14.3. The summed E-state index contributed by atoms with van der Waals surface area (Å²) in [6.45, 7) is 4.08. The van der Waals surface area contributed by atoms with Crippen LogP contribution in [0.1, 0.15) is 135 Å². The number of likely N-dealkylation sites (N-methyl/N-ethyl adjacent to an activating group) is 2. The van der Waals surface area contributed by atoms with Crippen LogP contribution in [0.15, 0.2) is 60.7 Å². The van der Waals surface area contributed by atoms with Gasteiger partial charge in [0.05, 0.1) is 13.2 Å². The molecule has 0 spiro atoms. The van der Waals surface area contributed by atoms with Gasteiger partial charge in [0, 0.05) is 62.2 Å². The Morgan fingerprint density at radius 3 is 1.38 bits per heavy atom. The van der Waals surface area contributed by atoms with Crippen LogP contribution in [0.3, 0.4) is 0 Å². The van der Waals surface area contributed by atoms with E-state index >= 15 is 0 Å². The summed E-state index contributed by atoms with van der Waals surface area (Å²) in [4.78, 5) is 29.7. The summed E-state index contributed by atoms with van der Waals surface area (Å²) < 4.78 is 12.0. The number of amides is 2. The fourth-order valence-electron chi connectivity index (χ4n) is 10.7. The second-order valence-electron chi connectivity index (χ2n) is 18.7. The predicted octanol–water partition coefficient (Wildman–Crippen LogP) is 9.75. The summed E-state index contributed by atoms with van der Waals surface area (Å²) in [5, 5.41) is 28.6. The van der Waals surface area contributed by atoms with Gasteiger partial charge in [-0.15, -0.1) is 0 Å².